The van der Waals surface area contributed by atoms with Gasteiger partial charge in [0.2, 0.25) is 15.9 Å². The largest absolute Gasteiger partial charge is 0.326 e. The summed E-state index contributed by atoms with van der Waals surface area (Å²) in [5, 5.41) is 2.77. The van der Waals surface area contributed by atoms with E-state index in [-0.39, 0.29) is 23.0 Å². The van der Waals surface area contributed by atoms with E-state index in [1.165, 1.54) is 22.5 Å². The Morgan fingerprint density at radius 1 is 1.07 bits per heavy atom. The van der Waals surface area contributed by atoms with Gasteiger partial charge >= 0.3 is 0 Å². The van der Waals surface area contributed by atoms with E-state index in [0.717, 1.165) is 5.56 Å². The Morgan fingerprint density at radius 2 is 1.72 bits per heavy atom. The molecule has 2 aromatic carbocycles. The maximum Gasteiger partial charge on any atom is 0.243 e. The van der Waals surface area contributed by atoms with Crippen molar-refractivity contribution in [3.63, 3.8) is 0 Å². The number of rotatable bonds is 6. The van der Waals surface area contributed by atoms with Crippen LogP contribution in [0.25, 0.3) is 0 Å². The summed E-state index contributed by atoms with van der Waals surface area (Å²) in [6, 6.07) is 11.0. The predicted octanol–water partition coefficient (Wildman–Crippen LogP) is 2.64. The summed E-state index contributed by atoms with van der Waals surface area (Å²) in [5.74, 6) is -0.534. The molecule has 6 nitrogen and oxygen atoms in total. The molecule has 1 heterocycles. The number of piperazine rings is 1. The lowest BCUT2D eigenvalue weighted by atomic mass is 10.1. The molecule has 1 amide bonds. The highest BCUT2D eigenvalue weighted by molar-refractivity contribution is 7.89. The van der Waals surface area contributed by atoms with Crippen molar-refractivity contribution in [3.05, 3.63) is 59.4 Å². The van der Waals surface area contributed by atoms with Crippen molar-refractivity contribution in [2.75, 3.05) is 38.5 Å². The smallest absolute Gasteiger partial charge is 0.243 e. The molecule has 3 rings (SSSR count). The first-order chi connectivity index (χ1) is 13.8. The van der Waals surface area contributed by atoms with Gasteiger partial charge < -0.3 is 10.2 Å². The Kier molecular flexibility index (Phi) is 6.66. The third kappa shape index (κ3) is 5.41. The Labute approximate surface area is 171 Å². The number of likely N-dealkylation sites (N-methyl/N-ethyl adjacent to an activating group) is 1. The minimum absolute atomic E-state index is 0.221. The van der Waals surface area contributed by atoms with Gasteiger partial charge in [-0.2, -0.15) is 4.31 Å². The van der Waals surface area contributed by atoms with Crippen molar-refractivity contribution in [2.45, 2.75) is 24.7 Å². The Hall–Kier alpha value is -2.29. The van der Waals surface area contributed by atoms with Gasteiger partial charge in [-0.1, -0.05) is 18.2 Å². The number of nitrogens with zero attached hydrogens (tertiary/aromatic N) is 2. The van der Waals surface area contributed by atoms with Crippen LogP contribution in [0.3, 0.4) is 0 Å². The first-order valence-electron chi connectivity index (χ1n) is 9.59. The van der Waals surface area contributed by atoms with Gasteiger partial charge in [0.15, 0.2) is 0 Å². The maximum atomic E-state index is 13.1. The molecule has 0 aromatic heterocycles. The summed E-state index contributed by atoms with van der Waals surface area (Å²) in [7, 11) is -1.64. The molecule has 1 fully saturated rings. The van der Waals surface area contributed by atoms with Crippen molar-refractivity contribution in [1.29, 1.82) is 0 Å². The normalized spacial score (nSPS) is 16.0. The average molecular weight is 420 g/mol. The lowest BCUT2D eigenvalue weighted by Crippen LogP contribution is -2.47. The number of anilines is 1. The molecule has 1 N–H and O–H groups in total. The topological polar surface area (TPSA) is 69.7 Å². The SMILES string of the molecule is Cc1ccc(NC(=O)CCc2ccc(F)cc2)cc1S(=O)(=O)N1CCN(C)CC1. The van der Waals surface area contributed by atoms with Crippen LogP contribution in [0.5, 0.6) is 0 Å². The molecule has 29 heavy (non-hydrogen) atoms. The molecule has 1 aliphatic rings. The first-order valence-corrected chi connectivity index (χ1v) is 11.0. The Morgan fingerprint density at radius 3 is 2.38 bits per heavy atom. The van der Waals surface area contributed by atoms with Crippen LogP contribution in [0.1, 0.15) is 17.5 Å². The van der Waals surface area contributed by atoms with Crippen LogP contribution in [-0.4, -0.2) is 56.8 Å². The molecule has 0 atom stereocenters. The van der Waals surface area contributed by atoms with Crippen LogP contribution >= 0.6 is 0 Å². The van der Waals surface area contributed by atoms with Crippen molar-refractivity contribution in [2.24, 2.45) is 0 Å². The van der Waals surface area contributed by atoms with E-state index in [4.69, 9.17) is 0 Å². The number of halogens is 1. The molecular formula is C21H26FN3O3S. The van der Waals surface area contributed by atoms with Gasteiger partial charge in [0.25, 0.3) is 0 Å². The highest BCUT2D eigenvalue weighted by Gasteiger charge is 2.29. The second-order valence-corrected chi connectivity index (χ2v) is 9.27. The molecule has 2 aromatic rings. The molecule has 1 saturated heterocycles. The first kappa shape index (κ1) is 21.4. The van der Waals surface area contributed by atoms with E-state index in [1.54, 1.807) is 31.2 Å². The second kappa shape index (κ2) is 9.02. The van der Waals surface area contributed by atoms with E-state index < -0.39 is 10.0 Å². The zero-order valence-corrected chi connectivity index (χ0v) is 17.5. The van der Waals surface area contributed by atoms with Gasteiger partial charge in [-0.15, -0.1) is 0 Å². The number of sulfonamides is 1. The number of aryl methyl sites for hydroxylation is 2. The van der Waals surface area contributed by atoms with Crippen LogP contribution in [0, 0.1) is 12.7 Å². The van der Waals surface area contributed by atoms with E-state index in [2.05, 4.69) is 10.2 Å². The highest BCUT2D eigenvalue weighted by Crippen LogP contribution is 2.24. The fraction of sp³-hybridized carbons (Fsp3) is 0.381. The molecule has 8 heteroatoms. The summed E-state index contributed by atoms with van der Waals surface area (Å²) in [6.07, 6.45) is 0.699. The number of hydrogen-bond acceptors (Lipinski definition) is 4. The molecule has 0 bridgehead atoms. The summed E-state index contributed by atoms with van der Waals surface area (Å²) in [6.45, 7) is 4.04. The van der Waals surface area contributed by atoms with E-state index in [9.17, 15) is 17.6 Å². The van der Waals surface area contributed by atoms with Gasteiger partial charge in [0, 0.05) is 38.3 Å². The van der Waals surface area contributed by atoms with Crippen molar-refractivity contribution < 1.29 is 17.6 Å². The van der Waals surface area contributed by atoms with Gasteiger partial charge in [0.1, 0.15) is 5.82 Å². The minimum atomic E-state index is -3.61. The van der Waals surface area contributed by atoms with Crippen LogP contribution in [-0.2, 0) is 21.2 Å². The highest BCUT2D eigenvalue weighted by atomic mass is 32.2. The summed E-state index contributed by atoms with van der Waals surface area (Å²) in [5.41, 5.74) is 1.96. The van der Waals surface area contributed by atoms with Crippen LogP contribution in [0.4, 0.5) is 10.1 Å². The van der Waals surface area contributed by atoms with Crippen molar-refractivity contribution in [3.8, 4) is 0 Å². The minimum Gasteiger partial charge on any atom is -0.326 e. The summed E-state index contributed by atoms with van der Waals surface area (Å²) in [4.78, 5) is 14.6. The average Bonchev–Trinajstić information content (AvgIpc) is 2.69. The zero-order chi connectivity index (χ0) is 21.0. The van der Waals surface area contributed by atoms with E-state index in [0.29, 0.717) is 43.9 Å². The van der Waals surface area contributed by atoms with Gasteiger partial charge in [-0.25, -0.2) is 12.8 Å². The van der Waals surface area contributed by atoms with Gasteiger partial charge in [0.05, 0.1) is 4.90 Å². The molecular weight excluding hydrogens is 393 g/mol. The summed E-state index contributed by atoms with van der Waals surface area (Å²) >= 11 is 0. The van der Waals surface area contributed by atoms with E-state index in [1.807, 2.05) is 7.05 Å². The predicted molar refractivity (Wildman–Crippen MR) is 111 cm³/mol. The number of carbonyl (C=O) groups is 1. The lowest BCUT2D eigenvalue weighted by Gasteiger charge is -2.32. The Balaban J connectivity index is 1.68. The quantitative estimate of drug-likeness (QED) is 0.782. The van der Waals surface area contributed by atoms with Gasteiger partial charge in [-0.05, 0) is 55.8 Å². The summed E-state index contributed by atoms with van der Waals surface area (Å²) < 4.78 is 40.6. The number of hydrogen-bond donors (Lipinski definition) is 1. The third-order valence-corrected chi connectivity index (χ3v) is 7.15. The monoisotopic (exact) mass is 419 g/mol. The fourth-order valence-corrected chi connectivity index (χ4v) is 4.93. The molecule has 0 spiro atoms. The molecule has 0 radical (unpaired) electrons. The molecule has 0 aliphatic carbocycles. The number of amides is 1. The van der Waals surface area contributed by atoms with Crippen LogP contribution in [0.2, 0.25) is 0 Å². The van der Waals surface area contributed by atoms with Crippen molar-refractivity contribution in [1.82, 2.24) is 9.21 Å². The second-order valence-electron chi connectivity index (χ2n) is 7.36. The van der Waals surface area contributed by atoms with E-state index >= 15 is 0 Å². The lowest BCUT2D eigenvalue weighted by molar-refractivity contribution is -0.116. The van der Waals surface area contributed by atoms with Crippen LogP contribution < -0.4 is 5.32 Å². The zero-order valence-electron chi connectivity index (χ0n) is 16.7. The standard InChI is InChI=1S/C21H26FN3O3S/c1-16-3-9-19(23-21(26)10-6-17-4-7-18(22)8-5-17)15-20(16)29(27,28)25-13-11-24(2)12-14-25/h3-5,7-9,15H,6,10-14H2,1-2H3,(H,23,26). The maximum absolute atomic E-state index is 13.1. The molecule has 1 aliphatic heterocycles. The Bertz CT molecular complexity index is 969. The molecule has 0 saturated carbocycles. The number of nitrogens with one attached hydrogen (secondary N) is 1. The fourth-order valence-electron chi connectivity index (χ4n) is 3.26. The molecule has 156 valence electrons. The number of benzene rings is 2. The van der Waals surface area contributed by atoms with Crippen molar-refractivity contribution >= 4 is 21.6 Å². The molecule has 0 unspecified atom stereocenters. The number of carbonyl (C=O) groups excluding carboxylic acids is 1. The van der Waals surface area contributed by atoms with Gasteiger partial charge in [-0.3, -0.25) is 4.79 Å². The third-order valence-electron chi connectivity index (χ3n) is 5.11. The van der Waals surface area contributed by atoms with Crippen LogP contribution in [0.15, 0.2) is 47.4 Å².